The molecule has 0 fully saturated rings. The number of fused-ring (bicyclic) bond motifs is 5. The van der Waals surface area contributed by atoms with E-state index in [2.05, 4.69) is 0 Å². The summed E-state index contributed by atoms with van der Waals surface area (Å²) in [6.07, 6.45) is 0. The van der Waals surface area contributed by atoms with Gasteiger partial charge in [-0.3, -0.25) is 0 Å². The van der Waals surface area contributed by atoms with Crippen molar-refractivity contribution < 1.29 is 33.2 Å². The van der Waals surface area contributed by atoms with Gasteiger partial charge in [-0.1, -0.05) is 0 Å². The molecule has 0 bridgehead atoms. The predicted octanol–water partition coefficient (Wildman–Crippen LogP) is 3.09. The quantitative estimate of drug-likeness (QED) is 0.684. The molecule has 1 N–H and O–H groups in total. The number of benzene rings is 2. The highest BCUT2D eigenvalue weighted by Gasteiger charge is 2.30. The van der Waals surface area contributed by atoms with Crippen molar-refractivity contribution in [3.63, 3.8) is 0 Å². The van der Waals surface area contributed by atoms with E-state index < -0.39 is 5.63 Å². The average Bonchev–Trinajstić information content (AvgIpc) is 2.71. The first-order valence-corrected chi connectivity index (χ1v) is 8.36. The maximum atomic E-state index is 12.8. The van der Waals surface area contributed by atoms with E-state index in [1.807, 2.05) is 0 Å². The summed E-state index contributed by atoms with van der Waals surface area (Å²) in [5.74, 6) is 1.55. The van der Waals surface area contributed by atoms with Crippen LogP contribution in [-0.2, 0) is 6.61 Å². The third-order valence-electron chi connectivity index (χ3n) is 4.70. The van der Waals surface area contributed by atoms with Gasteiger partial charge in [0.2, 0.25) is 5.75 Å². The van der Waals surface area contributed by atoms with E-state index in [9.17, 15) is 9.90 Å². The van der Waals surface area contributed by atoms with E-state index in [0.717, 1.165) is 0 Å². The molecule has 0 aliphatic carbocycles. The van der Waals surface area contributed by atoms with Crippen molar-refractivity contribution in [1.29, 1.82) is 0 Å². The molecule has 1 aliphatic heterocycles. The zero-order chi connectivity index (χ0) is 20.0. The fourth-order valence-electron chi connectivity index (χ4n) is 3.45. The number of aromatic hydroxyl groups is 1. The van der Waals surface area contributed by atoms with Crippen molar-refractivity contribution in [2.24, 2.45) is 0 Å². The second-order valence-corrected chi connectivity index (χ2v) is 6.08. The summed E-state index contributed by atoms with van der Waals surface area (Å²) in [5.41, 5.74) is 1.07. The minimum atomic E-state index is -0.592. The molecule has 8 nitrogen and oxygen atoms in total. The van der Waals surface area contributed by atoms with Crippen molar-refractivity contribution in [1.82, 2.24) is 0 Å². The van der Waals surface area contributed by atoms with Gasteiger partial charge in [-0.05, 0) is 12.1 Å². The zero-order valence-corrected chi connectivity index (χ0v) is 15.7. The minimum Gasteiger partial charge on any atom is -0.504 e. The normalized spacial score (nSPS) is 12.0. The number of phenolic OH excluding ortho intramolecular Hbond substituents is 1. The maximum Gasteiger partial charge on any atom is 0.348 e. The minimum absolute atomic E-state index is 0.0394. The second kappa shape index (κ2) is 6.56. The largest absolute Gasteiger partial charge is 0.504 e. The van der Waals surface area contributed by atoms with Gasteiger partial charge in [-0.2, -0.15) is 0 Å². The van der Waals surface area contributed by atoms with Crippen LogP contribution in [0.3, 0.4) is 0 Å². The summed E-state index contributed by atoms with van der Waals surface area (Å²) < 4.78 is 32.9. The first-order valence-electron chi connectivity index (χ1n) is 8.36. The predicted molar refractivity (Wildman–Crippen MR) is 100 cm³/mol. The van der Waals surface area contributed by atoms with Crippen molar-refractivity contribution >= 4 is 11.0 Å². The molecule has 4 rings (SSSR count). The van der Waals surface area contributed by atoms with Crippen LogP contribution >= 0.6 is 0 Å². The van der Waals surface area contributed by atoms with E-state index >= 15 is 0 Å². The lowest BCUT2D eigenvalue weighted by molar-refractivity contribution is 0.297. The molecule has 0 radical (unpaired) electrons. The van der Waals surface area contributed by atoms with Gasteiger partial charge in [0.05, 0.1) is 28.4 Å². The van der Waals surface area contributed by atoms with Gasteiger partial charge in [-0.15, -0.1) is 0 Å². The molecule has 8 heteroatoms. The molecule has 0 spiro atoms. The van der Waals surface area contributed by atoms with E-state index in [-0.39, 0.29) is 29.3 Å². The monoisotopic (exact) mass is 386 g/mol. The summed E-state index contributed by atoms with van der Waals surface area (Å²) in [6.45, 7) is 0.149. The highest BCUT2D eigenvalue weighted by Crippen LogP contribution is 2.51. The highest BCUT2D eigenvalue weighted by atomic mass is 16.5. The van der Waals surface area contributed by atoms with Crippen LogP contribution in [0.15, 0.2) is 27.4 Å². The molecule has 0 saturated heterocycles. The van der Waals surface area contributed by atoms with Crippen LogP contribution in [0.5, 0.6) is 34.5 Å². The van der Waals surface area contributed by atoms with Crippen LogP contribution in [0, 0.1) is 0 Å². The molecule has 0 atom stereocenters. The lowest BCUT2D eigenvalue weighted by Crippen LogP contribution is -2.14. The molecular formula is C20H18O8. The lowest BCUT2D eigenvalue weighted by atomic mass is 9.96. The highest BCUT2D eigenvalue weighted by molar-refractivity contribution is 5.99. The van der Waals surface area contributed by atoms with E-state index in [1.54, 1.807) is 12.1 Å². The Hall–Kier alpha value is -3.55. The first-order chi connectivity index (χ1) is 13.5. The van der Waals surface area contributed by atoms with Gasteiger partial charge < -0.3 is 33.2 Å². The molecule has 0 unspecified atom stereocenters. The third kappa shape index (κ3) is 2.41. The van der Waals surface area contributed by atoms with E-state index in [4.69, 9.17) is 28.1 Å². The fraction of sp³-hybridized carbons (Fsp3) is 0.250. The average molecular weight is 386 g/mol. The molecule has 0 amide bonds. The van der Waals surface area contributed by atoms with Crippen LogP contribution < -0.4 is 29.3 Å². The topological polar surface area (TPSA) is 96.6 Å². The summed E-state index contributed by atoms with van der Waals surface area (Å²) in [4.78, 5) is 12.8. The molecule has 3 aromatic rings. The zero-order valence-electron chi connectivity index (χ0n) is 15.7. The van der Waals surface area contributed by atoms with E-state index in [1.165, 1.54) is 34.5 Å². The summed E-state index contributed by atoms with van der Waals surface area (Å²) in [5, 5.41) is 10.5. The SMILES string of the molecule is COc1cc2c(cc1O)COc1c-2c(=O)oc2cc(OC)c(OC)c(OC)c12. The Labute approximate surface area is 159 Å². The Morgan fingerprint density at radius 3 is 2.29 bits per heavy atom. The molecule has 28 heavy (non-hydrogen) atoms. The Morgan fingerprint density at radius 2 is 1.64 bits per heavy atom. The number of phenols is 1. The smallest absolute Gasteiger partial charge is 0.348 e. The Bertz CT molecular complexity index is 1150. The summed E-state index contributed by atoms with van der Waals surface area (Å²) in [6, 6.07) is 4.64. The van der Waals surface area contributed by atoms with Crippen LogP contribution in [0.25, 0.3) is 22.1 Å². The molecule has 2 aromatic carbocycles. The molecule has 146 valence electrons. The number of ether oxygens (including phenoxy) is 5. The molecule has 2 heterocycles. The van der Waals surface area contributed by atoms with Crippen LogP contribution in [0.2, 0.25) is 0 Å². The molecule has 1 aromatic heterocycles. The standard InChI is InChI=1S/C20H18O8/c1-23-12-6-10-9(5-11(12)21)8-27-18-15(10)20(22)28-13-7-14(24-2)17(25-3)19(26-4)16(13)18/h5-7,21H,8H2,1-4H3. The number of hydrogen-bond acceptors (Lipinski definition) is 8. The Kier molecular flexibility index (Phi) is 4.18. The van der Waals surface area contributed by atoms with E-state index in [0.29, 0.717) is 39.5 Å². The third-order valence-corrected chi connectivity index (χ3v) is 4.70. The second-order valence-electron chi connectivity index (χ2n) is 6.08. The van der Waals surface area contributed by atoms with Crippen LogP contribution in [0.4, 0.5) is 0 Å². The van der Waals surface area contributed by atoms with Gasteiger partial charge in [-0.25, -0.2) is 4.79 Å². The Balaban J connectivity index is 2.13. The van der Waals surface area contributed by atoms with Crippen molar-refractivity contribution in [3.8, 4) is 45.6 Å². The number of methoxy groups -OCH3 is 4. The lowest BCUT2D eigenvalue weighted by Gasteiger charge is -2.23. The van der Waals surface area contributed by atoms with Crippen molar-refractivity contribution in [3.05, 3.63) is 34.2 Å². The first kappa shape index (κ1) is 17.8. The number of rotatable bonds is 4. The number of hydrogen-bond donors (Lipinski definition) is 1. The fourth-order valence-corrected chi connectivity index (χ4v) is 3.45. The molecular weight excluding hydrogens is 368 g/mol. The summed E-state index contributed by atoms with van der Waals surface area (Å²) in [7, 11) is 5.88. The van der Waals surface area contributed by atoms with Gasteiger partial charge in [0, 0.05) is 17.2 Å². The maximum absolute atomic E-state index is 12.8. The van der Waals surface area contributed by atoms with Gasteiger partial charge >= 0.3 is 5.63 Å². The van der Waals surface area contributed by atoms with Crippen molar-refractivity contribution in [2.45, 2.75) is 6.61 Å². The van der Waals surface area contributed by atoms with Gasteiger partial charge in [0.25, 0.3) is 0 Å². The van der Waals surface area contributed by atoms with Crippen molar-refractivity contribution in [2.75, 3.05) is 28.4 Å². The van der Waals surface area contributed by atoms with Crippen LogP contribution in [-0.4, -0.2) is 33.5 Å². The van der Waals surface area contributed by atoms with Crippen LogP contribution in [0.1, 0.15) is 5.56 Å². The molecule has 1 aliphatic rings. The van der Waals surface area contributed by atoms with Gasteiger partial charge in [0.1, 0.15) is 28.9 Å². The Morgan fingerprint density at radius 1 is 0.929 bits per heavy atom. The molecule has 0 saturated carbocycles. The summed E-state index contributed by atoms with van der Waals surface area (Å²) >= 11 is 0. The van der Waals surface area contributed by atoms with Gasteiger partial charge in [0.15, 0.2) is 23.0 Å².